The first-order valence-corrected chi connectivity index (χ1v) is 7.73. The number of nitrogens with zero attached hydrogens (tertiary/aromatic N) is 2. The Hall–Kier alpha value is -3.35. The van der Waals surface area contributed by atoms with Crippen molar-refractivity contribution < 1.29 is 18.7 Å². The van der Waals surface area contributed by atoms with Gasteiger partial charge in [-0.1, -0.05) is 29.4 Å². The summed E-state index contributed by atoms with van der Waals surface area (Å²) in [7, 11) is 1.50. The molecule has 0 atom stereocenters. The number of rotatable bonds is 6. The highest BCUT2D eigenvalue weighted by atomic mass is 16.5. The predicted octanol–water partition coefficient (Wildman–Crippen LogP) is 3.40. The van der Waals surface area contributed by atoms with E-state index in [0.717, 1.165) is 0 Å². The first-order chi connectivity index (χ1) is 12.2. The summed E-state index contributed by atoms with van der Waals surface area (Å²) in [6, 6.07) is 14.2. The third-order valence-corrected chi connectivity index (χ3v) is 3.41. The van der Waals surface area contributed by atoms with Gasteiger partial charge in [-0.25, -0.2) is 0 Å². The van der Waals surface area contributed by atoms with Crippen molar-refractivity contribution >= 4 is 11.9 Å². The van der Waals surface area contributed by atoms with Gasteiger partial charge in [-0.3, -0.25) is 10.1 Å². The van der Waals surface area contributed by atoms with Crippen molar-refractivity contribution in [3.8, 4) is 23.0 Å². The van der Waals surface area contributed by atoms with Gasteiger partial charge >= 0.3 is 6.01 Å². The summed E-state index contributed by atoms with van der Waals surface area (Å²) in [5, 5.41) is 10.4. The maximum atomic E-state index is 12.4. The third-order valence-electron chi connectivity index (χ3n) is 3.41. The number of benzene rings is 2. The molecule has 0 aliphatic heterocycles. The Morgan fingerprint density at radius 3 is 2.56 bits per heavy atom. The van der Waals surface area contributed by atoms with Crippen LogP contribution in [0.4, 0.5) is 6.01 Å². The van der Waals surface area contributed by atoms with E-state index in [1.807, 2.05) is 31.2 Å². The maximum Gasteiger partial charge on any atom is 0.322 e. The summed E-state index contributed by atoms with van der Waals surface area (Å²) in [6.07, 6.45) is 0. The molecule has 0 fully saturated rings. The smallest absolute Gasteiger partial charge is 0.322 e. The van der Waals surface area contributed by atoms with E-state index >= 15 is 0 Å². The summed E-state index contributed by atoms with van der Waals surface area (Å²) >= 11 is 0. The molecule has 0 radical (unpaired) electrons. The van der Waals surface area contributed by atoms with Crippen LogP contribution in [0.3, 0.4) is 0 Å². The van der Waals surface area contributed by atoms with Crippen LogP contribution in [-0.2, 0) is 0 Å². The molecule has 1 amide bonds. The highest BCUT2D eigenvalue weighted by Crippen LogP contribution is 2.29. The number of hydrogen-bond donors (Lipinski definition) is 1. The van der Waals surface area contributed by atoms with Crippen LogP contribution in [0.25, 0.3) is 11.5 Å². The molecule has 0 saturated carbocycles. The van der Waals surface area contributed by atoms with Crippen LogP contribution in [0.5, 0.6) is 11.5 Å². The lowest BCUT2D eigenvalue weighted by Gasteiger charge is -2.07. The average molecular weight is 339 g/mol. The second-order valence-corrected chi connectivity index (χ2v) is 5.00. The number of nitrogens with one attached hydrogen (secondary N) is 1. The van der Waals surface area contributed by atoms with E-state index in [4.69, 9.17) is 13.9 Å². The van der Waals surface area contributed by atoms with E-state index in [9.17, 15) is 4.79 Å². The SMILES string of the molecule is CCOc1ccccc1-c1nnc(NC(=O)c2ccccc2OC)o1. The van der Waals surface area contributed by atoms with Crippen LogP contribution in [0, 0.1) is 0 Å². The number of para-hydroxylation sites is 2. The molecule has 0 aliphatic carbocycles. The molecule has 7 nitrogen and oxygen atoms in total. The zero-order chi connectivity index (χ0) is 17.6. The topological polar surface area (TPSA) is 86.5 Å². The quantitative estimate of drug-likeness (QED) is 0.741. The fourth-order valence-corrected chi connectivity index (χ4v) is 2.30. The zero-order valence-corrected chi connectivity index (χ0v) is 13.9. The molecule has 3 aromatic rings. The van der Waals surface area contributed by atoms with E-state index in [0.29, 0.717) is 29.2 Å². The van der Waals surface area contributed by atoms with Crippen LogP contribution in [0.1, 0.15) is 17.3 Å². The number of carbonyl (C=O) groups is 1. The summed E-state index contributed by atoms with van der Waals surface area (Å²) in [5.74, 6) is 0.961. The van der Waals surface area contributed by atoms with Crippen LogP contribution < -0.4 is 14.8 Å². The lowest BCUT2D eigenvalue weighted by molar-refractivity contribution is 0.102. The largest absolute Gasteiger partial charge is 0.496 e. The van der Waals surface area contributed by atoms with Gasteiger partial charge in [0.1, 0.15) is 11.5 Å². The third kappa shape index (κ3) is 3.60. The number of amides is 1. The van der Waals surface area contributed by atoms with E-state index in [1.165, 1.54) is 7.11 Å². The summed E-state index contributed by atoms with van der Waals surface area (Å²) in [5.41, 5.74) is 1.04. The van der Waals surface area contributed by atoms with Crippen molar-refractivity contribution in [1.82, 2.24) is 10.2 Å². The lowest BCUT2D eigenvalue weighted by Crippen LogP contribution is -2.13. The minimum atomic E-state index is -0.397. The minimum absolute atomic E-state index is 0.00259. The van der Waals surface area contributed by atoms with Crippen LogP contribution in [0.15, 0.2) is 52.9 Å². The molecule has 1 N–H and O–H groups in total. The second-order valence-electron chi connectivity index (χ2n) is 5.00. The summed E-state index contributed by atoms with van der Waals surface area (Å²) in [6.45, 7) is 2.41. The molecule has 0 saturated heterocycles. The van der Waals surface area contributed by atoms with E-state index < -0.39 is 5.91 Å². The average Bonchev–Trinajstić information content (AvgIpc) is 3.10. The van der Waals surface area contributed by atoms with Gasteiger partial charge in [0.15, 0.2) is 0 Å². The van der Waals surface area contributed by atoms with E-state index in [1.54, 1.807) is 24.3 Å². The van der Waals surface area contributed by atoms with Crippen molar-refractivity contribution in [1.29, 1.82) is 0 Å². The fourth-order valence-electron chi connectivity index (χ4n) is 2.30. The lowest BCUT2D eigenvalue weighted by atomic mass is 10.2. The Morgan fingerprint density at radius 1 is 1.08 bits per heavy atom. The van der Waals surface area contributed by atoms with Crippen molar-refractivity contribution in [2.75, 3.05) is 19.0 Å². The van der Waals surface area contributed by atoms with Crippen LogP contribution in [-0.4, -0.2) is 29.8 Å². The van der Waals surface area contributed by atoms with Gasteiger partial charge in [0.05, 0.1) is 24.8 Å². The van der Waals surface area contributed by atoms with Gasteiger partial charge in [0, 0.05) is 0 Å². The number of ether oxygens (including phenoxy) is 2. The highest BCUT2D eigenvalue weighted by molar-refractivity contribution is 6.05. The number of hydrogen-bond acceptors (Lipinski definition) is 6. The monoisotopic (exact) mass is 339 g/mol. The van der Waals surface area contributed by atoms with Crippen LogP contribution in [0.2, 0.25) is 0 Å². The molecule has 2 aromatic carbocycles. The van der Waals surface area contributed by atoms with Crippen molar-refractivity contribution in [2.24, 2.45) is 0 Å². The van der Waals surface area contributed by atoms with Gasteiger partial charge in [0.2, 0.25) is 0 Å². The molecule has 0 aliphatic rings. The standard InChI is InChI=1S/C18H17N3O4/c1-3-24-15-11-7-5-9-13(15)17-20-21-18(25-17)19-16(22)12-8-4-6-10-14(12)23-2/h4-11H,3H2,1-2H3,(H,19,21,22). The van der Waals surface area contributed by atoms with Crippen LogP contribution >= 0.6 is 0 Å². The van der Waals surface area contributed by atoms with Crippen molar-refractivity contribution in [3.63, 3.8) is 0 Å². The molecule has 1 aromatic heterocycles. The Balaban J connectivity index is 1.82. The fraction of sp³-hybridized carbons (Fsp3) is 0.167. The van der Waals surface area contributed by atoms with Crippen molar-refractivity contribution in [3.05, 3.63) is 54.1 Å². The first-order valence-electron chi connectivity index (χ1n) is 7.73. The molecule has 0 spiro atoms. The predicted molar refractivity (Wildman–Crippen MR) is 91.9 cm³/mol. The Kier molecular flexibility index (Phi) is 4.94. The Bertz CT molecular complexity index is 876. The zero-order valence-electron chi connectivity index (χ0n) is 13.9. The summed E-state index contributed by atoms with van der Waals surface area (Å²) in [4.78, 5) is 12.4. The first kappa shape index (κ1) is 16.5. The minimum Gasteiger partial charge on any atom is -0.496 e. The molecule has 0 unspecified atom stereocenters. The number of aromatic nitrogens is 2. The molecule has 0 bridgehead atoms. The van der Waals surface area contributed by atoms with E-state index in [2.05, 4.69) is 15.5 Å². The molecule has 1 heterocycles. The molecule has 7 heteroatoms. The molecule has 25 heavy (non-hydrogen) atoms. The highest BCUT2D eigenvalue weighted by Gasteiger charge is 2.17. The summed E-state index contributed by atoms with van der Waals surface area (Å²) < 4.78 is 16.3. The normalized spacial score (nSPS) is 10.3. The molecular formula is C18H17N3O4. The maximum absolute atomic E-state index is 12.4. The molecule has 3 rings (SSSR count). The molecular weight excluding hydrogens is 322 g/mol. The van der Waals surface area contributed by atoms with E-state index in [-0.39, 0.29) is 11.9 Å². The van der Waals surface area contributed by atoms with Gasteiger partial charge in [-0.05, 0) is 31.2 Å². The number of anilines is 1. The number of methoxy groups -OCH3 is 1. The van der Waals surface area contributed by atoms with Gasteiger partial charge in [0.25, 0.3) is 11.8 Å². The van der Waals surface area contributed by atoms with Gasteiger partial charge < -0.3 is 13.9 Å². The van der Waals surface area contributed by atoms with Crippen molar-refractivity contribution in [2.45, 2.75) is 6.92 Å². The molecule has 128 valence electrons. The van der Waals surface area contributed by atoms with Gasteiger partial charge in [-0.2, -0.15) is 0 Å². The van der Waals surface area contributed by atoms with Gasteiger partial charge in [-0.15, -0.1) is 5.10 Å². The number of carbonyl (C=O) groups excluding carboxylic acids is 1. The Labute approximate surface area is 144 Å². The second kappa shape index (κ2) is 7.48. The Morgan fingerprint density at radius 2 is 1.80 bits per heavy atom.